The Kier molecular flexibility index (Phi) is 18.2. The first-order valence-electron chi connectivity index (χ1n) is 8.41. The Morgan fingerprint density at radius 1 is 1.07 bits per heavy atom. The molecule has 0 aromatic heterocycles. The van der Waals surface area contributed by atoms with Crippen molar-refractivity contribution in [2.45, 2.75) is 51.6 Å². The van der Waals surface area contributed by atoms with Crippen molar-refractivity contribution in [2.24, 2.45) is 5.73 Å². The van der Waals surface area contributed by atoms with Crippen molar-refractivity contribution >= 4 is 45.2 Å². The number of ketones is 1. The molecule has 0 spiro atoms. The number of Topliss-reactive ketones (excluding diaryl/α,β-unsaturated/α-hetero) is 1. The van der Waals surface area contributed by atoms with Crippen molar-refractivity contribution in [3.63, 3.8) is 0 Å². The number of nitrogens with two attached hydrogens (primary N) is 1. The van der Waals surface area contributed by atoms with Crippen molar-refractivity contribution in [2.75, 3.05) is 25.2 Å². The van der Waals surface area contributed by atoms with Crippen LogP contribution in [0.15, 0.2) is 0 Å². The number of esters is 2. The summed E-state index contributed by atoms with van der Waals surface area (Å²) in [5.74, 6) is -0.365. The Hall–Kier alpha value is -0.780. The Balaban J connectivity index is 0. The summed E-state index contributed by atoms with van der Waals surface area (Å²) in [4.78, 5) is 47.0. The number of ether oxygens (including phenoxy) is 2. The first-order chi connectivity index (χ1) is 12.3. The lowest BCUT2D eigenvalue weighted by atomic mass is 10.1. The molecule has 0 aliphatic heterocycles. The molecule has 11 heteroatoms. The molecule has 1 amide bonds. The summed E-state index contributed by atoms with van der Waals surface area (Å²) >= 11 is 0. The lowest BCUT2D eigenvalue weighted by Gasteiger charge is -2.17. The summed E-state index contributed by atoms with van der Waals surface area (Å²) in [6.45, 7) is 3.89. The first-order valence-corrected chi connectivity index (χ1v) is 10.9. The van der Waals surface area contributed by atoms with Gasteiger partial charge in [0.15, 0.2) is 5.78 Å². The standard InChI is InChI=1S/C16H28N2O6S2.BrH/c1-4-24-16(22)11(17)6-8-14(20)18-12(10-26-25-5-2)13(19)7-9-15(21)23-3;/h11-12H,4-10,17H2,1-3H3,(H,18,20);1H/p-1. The number of rotatable bonds is 14. The van der Waals surface area contributed by atoms with E-state index in [4.69, 9.17) is 10.5 Å². The van der Waals surface area contributed by atoms with Crippen molar-refractivity contribution in [3.05, 3.63) is 0 Å². The first kappa shape index (κ1) is 28.4. The van der Waals surface area contributed by atoms with E-state index in [2.05, 4.69) is 10.1 Å². The molecule has 0 saturated heterocycles. The van der Waals surface area contributed by atoms with E-state index < -0.39 is 24.0 Å². The highest BCUT2D eigenvalue weighted by molar-refractivity contribution is 8.76. The van der Waals surface area contributed by atoms with Gasteiger partial charge in [0.05, 0.1) is 26.2 Å². The van der Waals surface area contributed by atoms with Crippen molar-refractivity contribution < 1.29 is 45.6 Å². The van der Waals surface area contributed by atoms with Crippen LogP contribution in [-0.2, 0) is 28.7 Å². The molecule has 2 atom stereocenters. The molecular weight excluding hydrogens is 460 g/mol. The maximum Gasteiger partial charge on any atom is 0.322 e. The summed E-state index contributed by atoms with van der Waals surface area (Å²) in [6, 6.07) is -1.57. The molecule has 3 N–H and O–H groups in total. The molecule has 0 rings (SSSR count). The normalized spacial score (nSPS) is 12.3. The molecule has 0 heterocycles. The number of methoxy groups -OCH3 is 1. The summed E-state index contributed by atoms with van der Waals surface area (Å²) < 4.78 is 9.31. The number of carbonyl (C=O) groups excluding carboxylic acids is 4. The van der Waals surface area contributed by atoms with Crippen LogP contribution in [0, 0.1) is 0 Å². The second kappa shape index (κ2) is 17.3. The summed E-state index contributed by atoms with van der Waals surface area (Å²) in [6.07, 6.45) is 0.106. The topological polar surface area (TPSA) is 125 Å². The molecule has 158 valence electrons. The zero-order chi connectivity index (χ0) is 19.9. The number of hydrogen-bond donors (Lipinski definition) is 2. The minimum absolute atomic E-state index is 0. The van der Waals surface area contributed by atoms with Gasteiger partial charge in [0.2, 0.25) is 5.91 Å². The van der Waals surface area contributed by atoms with Crippen LogP contribution in [0.1, 0.15) is 39.5 Å². The summed E-state index contributed by atoms with van der Waals surface area (Å²) in [7, 11) is 4.31. The fraction of sp³-hybridized carbons (Fsp3) is 0.750. The van der Waals surface area contributed by atoms with Crippen LogP contribution in [-0.4, -0.2) is 60.9 Å². The quantitative estimate of drug-likeness (QED) is 0.163. The SMILES string of the molecule is CCOC(=O)C(N)CCC(=O)NC(CSSCC)C(=O)CCC(=O)OC.[Br-]. The zero-order valence-corrected chi connectivity index (χ0v) is 19.0. The van der Waals surface area contributed by atoms with Crippen LogP contribution in [0.25, 0.3) is 0 Å². The predicted molar refractivity (Wildman–Crippen MR) is 103 cm³/mol. The average Bonchev–Trinajstić information content (AvgIpc) is 2.63. The van der Waals surface area contributed by atoms with Gasteiger partial charge in [0, 0.05) is 24.3 Å². The van der Waals surface area contributed by atoms with Crippen LogP contribution < -0.4 is 28.0 Å². The van der Waals surface area contributed by atoms with Crippen LogP contribution in [0.5, 0.6) is 0 Å². The molecule has 0 aromatic rings. The molecule has 2 unspecified atom stereocenters. The summed E-state index contributed by atoms with van der Waals surface area (Å²) in [5, 5.41) is 2.66. The predicted octanol–water partition coefficient (Wildman–Crippen LogP) is -1.93. The van der Waals surface area contributed by atoms with E-state index >= 15 is 0 Å². The van der Waals surface area contributed by atoms with Crippen LogP contribution in [0.3, 0.4) is 0 Å². The van der Waals surface area contributed by atoms with E-state index in [0.717, 1.165) is 5.75 Å². The number of nitrogens with one attached hydrogen (secondary N) is 1. The molecule has 8 nitrogen and oxygen atoms in total. The number of halogens is 1. The van der Waals surface area contributed by atoms with Gasteiger partial charge >= 0.3 is 11.9 Å². The van der Waals surface area contributed by atoms with Gasteiger partial charge in [-0.15, -0.1) is 0 Å². The van der Waals surface area contributed by atoms with Gasteiger partial charge in [-0.25, -0.2) is 0 Å². The van der Waals surface area contributed by atoms with Crippen LogP contribution >= 0.6 is 21.6 Å². The number of amides is 1. The Labute approximate surface area is 178 Å². The molecule has 0 aromatic carbocycles. The van der Waals surface area contributed by atoms with Gasteiger partial charge in [-0.05, 0) is 13.3 Å². The van der Waals surface area contributed by atoms with Gasteiger partial charge < -0.3 is 37.5 Å². The maximum absolute atomic E-state index is 12.3. The molecule has 0 saturated carbocycles. The van der Waals surface area contributed by atoms with Gasteiger partial charge in [0.25, 0.3) is 0 Å². The third-order valence-electron chi connectivity index (χ3n) is 3.23. The van der Waals surface area contributed by atoms with E-state index in [-0.39, 0.29) is 61.0 Å². The Morgan fingerprint density at radius 3 is 2.30 bits per heavy atom. The third-order valence-corrected chi connectivity index (χ3v) is 5.72. The Morgan fingerprint density at radius 2 is 1.74 bits per heavy atom. The van der Waals surface area contributed by atoms with Crippen molar-refractivity contribution in [1.29, 1.82) is 0 Å². The molecule has 27 heavy (non-hydrogen) atoms. The van der Waals surface area contributed by atoms with Gasteiger partial charge in [-0.1, -0.05) is 28.5 Å². The maximum atomic E-state index is 12.3. The van der Waals surface area contributed by atoms with Crippen LogP contribution in [0.2, 0.25) is 0 Å². The van der Waals surface area contributed by atoms with Gasteiger partial charge in [0.1, 0.15) is 6.04 Å². The highest BCUT2D eigenvalue weighted by Crippen LogP contribution is 2.22. The fourth-order valence-electron chi connectivity index (χ4n) is 1.84. The third kappa shape index (κ3) is 14.0. The second-order valence-corrected chi connectivity index (χ2v) is 8.05. The molecular formula is C16H28BrN2O6S2-. The highest BCUT2D eigenvalue weighted by Gasteiger charge is 2.23. The second-order valence-electron chi connectivity index (χ2n) is 5.25. The van der Waals surface area contributed by atoms with Crippen molar-refractivity contribution in [3.8, 4) is 0 Å². The molecule has 0 aliphatic carbocycles. The Bertz CT molecular complexity index is 482. The largest absolute Gasteiger partial charge is 1.00 e. The van der Waals surface area contributed by atoms with E-state index in [9.17, 15) is 19.2 Å². The number of carbonyl (C=O) groups is 4. The minimum atomic E-state index is -0.876. The lowest BCUT2D eigenvalue weighted by molar-refractivity contribution is -0.145. The molecule has 0 aliphatic rings. The molecule has 0 fully saturated rings. The van der Waals surface area contributed by atoms with Crippen molar-refractivity contribution in [1.82, 2.24) is 5.32 Å². The van der Waals surface area contributed by atoms with Crippen LogP contribution in [0.4, 0.5) is 0 Å². The van der Waals surface area contributed by atoms with E-state index in [1.54, 1.807) is 17.7 Å². The number of hydrogen-bond acceptors (Lipinski definition) is 9. The lowest BCUT2D eigenvalue weighted by Crippen LogP contribution is -3.00. The molecule has 0 radical (unpaired) electrons. The van der Waals surface area contributed by atoms with Gasteiger partial charge in [-0.2, -0.15) is 0 Å². The van der Waals surface area contributed by atoms with E-state index in [0.29, 0.717) is 5.75 Å². The van der Waals surface area contributed by atoms with Gasteiger partial charge in [-0.3, -0.25) is 19.2 Å². The highest BCUT2D eigenvalue weighted by atomic mass is 79.9. The van der Waals surface area contributed by atoms with E-state index in [1.807, 2.05) is 6.92 Å². The minimum Gasteiger partial charge on any atom is -1.00 e. The average molecular weight is 488 g/mol. The van der Waals surface area contributed by atoms with E-state index in [1.165, 1.54) is 17.9 Å². The monoisotopic (exact) mass is 487 g/mol. The zero-order valence-electron chi connectivity index (χ0n) is 15.8. The fourth-order valence-corrected chi connectivity index (χ4v) is 3.70. The summed E-state index contributed by atoms with van der Waals surface area (Å²) in [5.41, 5.74) is 5.66. The molecule has 0 bridgehead atoms. The smallest absolute Gasteiger partial charge is 0.322 e.